The molecule has 0 unspecified atom stereocenters. The van der Waals surface area contributed by atoms with Crippen LogP contribution in [0.2, 0.25) is 0 Å². The van der Waals surface area contributed by atoms with Gasteiger partial charge in [0.05, 0.1) is 0 Å². The van der Waals surface area contributed by atoms with E-state index in [1.807, 2.05) is 24.3 Å². The number of nitrogens with one attached hydrogen (secondary N) is 1. The number of esters is 1. The maximum absolute atomic E-state index is 12.8. The van der Waals surface area contributed by atoms with E-state index in [2.05, 4.69) is 21.2 Å². The topological polar surface area (TPSA) is 55.4 Å². The summed E-state index contributed by atoms with van der Waals surface area (Å²) in [6.07, 6.45) is 1.88. The lowest BCUT2D eigenvalue weighted by Crippen LogP contribution is -2.29. The van der Waals surface area contributed by atoms with Crippen molar-refractivity contribution < 1.29 is 18.7 Å². The van der Waals surface area contributed by atoms with Gasteiger partial charge in [-0.15, -0.1) is 0 Å². The Morgan fingerprint density at radius 2 is 1.75 bits per heavy atom. The first-order chi connectivity index (χ1) is 11.4. The molecule has 2 aromatic carbocycles. The summed E-state index contributed by atoms with van der Waals surface area (Å²) in [6, 6.07) is 12.7. The second-order valence-electron chi connectivity index (χ2n) is 4.96. The molecule has 0 aliphatic carbocycles. The van der Waals surface area contributed by atoms with Crippen LogP contribution in [0, 0.1) is 5.82 Å². The maximum atomic E-state index is 12.8. The predicted molar refractivity (Wildman–Crippen MR) is 93.8 cm³/mol. The summed E-state index contributed by atoms with van der Waals surface area (Å²) >= 11 is 3.32. The molecule has 1 amide bonds. The highest BCUT2D eigenvalue weighted by Gasteiger charge is 2.16. The lowest BCUT2D eigenvalue weighted by atomic mass is 10.2. The molecule has 124 valence electrons. The molecule has 0 fully saturated rings. The first kappa shape index (κ1) is 17.9. The Morgan fingerprint density at radius 1 is 1.12 bits per heavy atom. The molecule has 1 atom stereocenters. The first-order valence-corrected chi connectivity index (χ1v) is 7.94. The van der Waals surface area contributed by atoms with Gasteiger partial charge in [0.2, 0.25) is 0 Å². The van der Waals surface area contributed by atoms with Crippen LogP contribution < -0.4 is 5.32 Å². The van der Waals surface area contributed by atoms with E-state index in [0.717, 1.165) is 10.0 Å². The van der Waals surface area contributed by atoms with Gasteiger partial charge in [-0.3, -0.25) is 4.79 Å². The van der Waals surface area contributed by atoms with Crippen molar-refractivity contribution in [1.29, 1.82) is 0 Å². The molecule has 4 nitrogen and oxygen atoms in total. The van der Waals surface area contributed by atoms with E-state index in [4.69, 9.17) is 4.74 Å². The summed E-state index contributed by atoms with van der Waals surface area (Å²) in [5.74, 6) is -1.52. The van der Waals surface area contributed by atoms with Crippen LogP contribution in [0.5, 0.6) is 0 Å². The second kappa shape index (κ2) is 8.40. The van der Waals surface area contributed by atoms with Gasteiger partial charge in [0, 0.05) is 16.2 Å². The fraction of sp³-hybridized carbons (Fsp3) is 0.111. The molecule has 2 rings (SSSR count). The molecule has 0 saturated carbocycles. The fourth-order valence-electron chi connectivity index (χ4n) is 1.78. The van der Waals surface area contributed by atoms with Crippen molar-refractivity contribution in [2.24, 2.45) is 0 Å². The summed E-state index contributed by atoms with van der Waals surface area (Å²) in [4.78, 5) is 23.7. The van der Waals surface area contributed by atoms with Gasteiger partial charge in [-0.25, -0.2) is 9.18 Å². The molecule has 0 aliphatic heterocycles. The molecule has 0 spiro atoms. The van der Waals surface area contributed by atoms with E-state index in [0.29, 0.717) is 5.69 Å². The number of benzene rings is 2. The van der Waals surface area contributed by atoms with Crippen LogP contribution in [-0.4, -0.2) is 18.0 Å². The van der Waals surface area contributed by atoms with Gasteiger partial charge < -0.3 is 10.1 Å². The highest BCUT2D eigenvalue weighted by Crippen LogP contribution is 2.12. The smallest absolute Gasteiger partial charge is 0.331 e. The summed E-state index contributed by atoms with van der Waals surface area (Å²) in [5.41, 5.74) is 1.26. The Balaban J connectivity index is 1.87. The molecular formula is C18H15BrFNO3. The Hall–Kier alpha value is -2.47. The average molecular weight is 392 g/mol. The van der Waals surface area contributed by atoms with Crippen molar-refractivity contribution in [3.63, 3.8) is 0 Å². The third kappa shape index (κ3) is 5.62. The zero-order chi connectivity index (χ0) is 17.5. The van der Waals surface area contributed by atoms with Crippen LogP contribution in [0.4, 0.5) is 10.1 Å². The van der Waals surface area contributed by atoms with Gasteiger partial charge in [0.15, 0.2) is 6.10 Å². The number of carbonyl (C=O) groups is 2. The largest absolute Gasteiger partial charge is 0.449 e. The quantitative estimate of drug-likeness (QED) is 0.614. The van der Waals surface area contributed by atoms with Gasteiger partial charge in [-0.2, -0.15) is 0 Å². The van der Waals surface area contributed by atoms with E-state index in [9.17, 15) is 14.0 Å². The molecule has 6 heteroatoms. The van der Waals surface area contributed by atoms with E-state index in [-0.39, 0.29) is 0 Å². The highest BCUT2D eigenvalue weighted by atomic mass is 79.9. The Morgan fingerprint density at radius 3 is 2.38 bits per heavy atom. The summed E-state index contributed by atoms with van der Waals surface area (Å²) in [5, 5.41) is 2.54. The number of rotatable bonds is 5. The second-order valence-corrected chi connectivity index (χ2v) is 5.88. The van der Waals surface area contributed by atoms with Crippen molar-refractivity contribution in [2.45, 2.75) is 13.0 Å². The normalized spacial score (nSPS) is 12.0. The molecule has 24 heavy (non-hydrogen) atoms. The molecular weight excluding hydrogens is 377 g/mol. The fourth-order valence-corrected chi connectivity index (χ4v) is 2.05. The molecule has 0 radical (unpaired) electrons. The summed E-state index contributed by atoms with van der Waals surface area (Å²) in [7, 11) is 0. The van der Waals surface area contributed by atoms with Gasteiger partial charge in [-0.1, -0.05) is 28.1 Å². The number of carbonyl (C=O) groups excluding carboxylic acids is 2. The van der Waals surface area contributed by atoms with Crippen molar-refractivity contribution in [3.8, 4) is 0 Å². The number of anilines is 1. The van der Waals surface area contributed by atoms with Gasteiger partial charge >= 0.3 is 5.97 Å². The SMILES string of the molecule is C[C@@H](OC(=O)/C=C/c1ccc(Br)cc1)C(=O)Nc1ccc(F)cc1. The number of ether oxygens (including phenoxy) is 1. The van der Waals surface area contributed by atoms with Crippen molar-refractivity contribution in [3.05, 3.63) is 70.5 Å². The third-order valence-corrected chi connectivity index (χ3v) is 3.58. The van der Waals surface area contributed by atoms with Crippen LogP contribution in [0.25, 0.3) is 6.08 Å². The number of hydrogen-bond acceptors (Lipinski definition) is 3. The minimum Gasteiger partial charge on any atom is -0.449 e. The zero-order valence-corrected chi connectivity index (χ0v) is 14.4. The van der Waals surface area contributed by atoms with Crippen LogP contribution in [0.1, 0.15) is 12.5 Å². The number of amides is 1. The van der Waals surface area contributed by atoms with Gasteiger partial charge in [0.1, 0.15) is 5.82 Å². The molecule has 0 saturated heterocycles. The molecule has 0 aliphatic rings. The Bertz CT molecular complexity index is 742. The number of halogens is 2. The lowest BCUT2D eigenvalue weighted by molar-refractivity contribution is -0.148. The van der Waals surface area contributed by atoms with Crippen LogP contribution in [0.15, 0.2) is 59.1 Å². The highest BCUT2D eigenvalue weighted by molar-refractivity contribution is 9.10. The summed E-state index contributed by atoms with van der Waals surface area (Å²) in [6.45, 7) is 1.46. The van der Waals surface area contributed by atoms with E-state index >= 15 is 0 Å². The third-order valence-electron chi connectivity index (χ3n) is 3.06. The van der Waals surface area contributed by atoms with E-state index in [1.54, 1.807) is 6.08 Å². The molecule has 1 N–H and O–H groups in total. The Kier molecular flexibility index (Phi) is 6.26. The predicted octanol–water partition coefficient (Wildman–Crippen LogP) is 4.17. The van der Waals surface area contributed by atoms with Gasteiger partial charge in [0.25, 0.3) is 5.91 Å². The molecule has 2 aromatic rings. The van der Waals surface area contributed by atoms with Gasteiger partial charge in [-0.05, 0) is 55.0 Å². The summed E-state index contributed by atoms with van der Waals surface area (Å²) < 4.78 is 18.8. The molecule has 0 aromatic heterocycles. The van der Waals surface area contributed by atoms with E-state index in [1.165, 1.54) is 37.3 Å². The Labute approximate surface area is 147 Å². The molecule has 0 bridgehead atoms. The molecule has 0 heterocycles. The van der Waals surface area contributed by atoms with Crippen LogP contribution in [0.3, 0.4) is 0 Å². The van der Waals surface area contributed by atoms with Crippen LogP contribution >= 0.6 is 15.9 Å². The average Bonchev–Trinajstić information content (AvgIpc) is 2.56. The zero-order valence-electron chi connectivity index (χ0n) is 12.8. The van der Waals surface area contributed by atoms with Crippen LogP contribution in [-0.2, 0) is 14.3 Å². The number of hydrogen-bond donors (Lipinski definition) is 1. The monoisotopic (exact) mass is 391 g/mol. The van der Waals surface area contributed by atoms with Crippen molar-refractivity contribution in [2.75, 3.05) is 5.32 Å². The minimum absolute atomic E-state index is 0.398. The maximum Gasteiger partial charge on any atom is 0.331 e. The first-order valence-electron chi connectivity index (χ1n) is 7.15. The van der Waals surface area contributed by atoms with Crippen molar-refractivity contribution in [1.82, 2.24) is 0 Å². The van der Waals surface area contributed by atoms with E-state index < -0.39 is 23.8 Å². The minimum atomic E-state index is -0.975. The van der Waals surface area contributed by atoms with Crippen molar-refractivity contribution >= 4 is 39.6 Å². The standard InChI is InChI=1S/C18H15BrFNO3/c1-12(18(23)21-16-9-7-15(20)8-10-16)24-17(22)11-4-13-2-5-14(19)6-3-13/h2-12H,1H3,(H,21,23)/b11-4+/t12-/m1/s1. The lowest BCUT2D eigenvalue weighted by Gasteiger charge is -2.12.